The van der Waals surface area contributed by atoms with Crippen molar-refractivity contribution in [2.75, 3.05) is 20.1 Å². The summed E-state index contributed by atoms with van der Waals surface area (Å²) in [5, 5.41) is 11.0. The number of thiophene rings is 1. The Morgan fingerprint density at radius 2 is 2.15 bits per heavy atom. The van der Waals surface area contributed by atoms with Crippen LogP contribution in [0.4, 0.5) is 0 Å². The van der Waals surface area contributed by atoms with Crippen molar-refractivity contribution in [2.45, 2.75) is 19.4 Å². The van der Waals surface area contributed by atoms with E-state index in [1.807, 2.05) is 12.1 Å². The van der Waals surface area contributed by atoms with Gasteiger partial charge in [-0.1, -0.05) is 6.92 Å². The molecule has 0 radical (unpaired) electrons. The van der Waals surface area contributed by atoms with Crippen LogP contribution in [-0.4, -0.2) is 30.7 Å². The molecule has 0 amide bonds. The topological polar surface area (TPSA) is 41.4 Å². The maximum absolute atomic E-state index is 4.25. The van der Waals surface area contributed by atoms with Gasteiger partial charge >= 0.3 is 0 Å². The maximum atomic E-state index is 4.25. The van der Waals surface area contributed by atoms with E-state index in [2.05, 4.69) is 56.3 Å². The Kier molecular flexibility index (Phi) is 5.68. The van der Waals surface area contributed by atoms with Crippen molar-refractivity contribution >= 4 is 17.3 Å². The summed E-state index contributed by atoms with van der Waals surface area (Å²) in [6.07, 6.45) is 4.13. The van der Waals surface area contributed by atoms with Crippen molar-refractivity contribution in [1.29, 1.82) is 0 Å². The van der Waals surface area contributed by atoms with Gasteiger partial charge in [0.15, 0.2) is 5.96 Å². The molecule has 0 saturated heterocycles. The Morgan fingerprint density at radius 3 is 2.80 bits per heavy atom. The summed E-state index contributed by atoms with van der Waals surface area (Å²) in [4.78, 5) is 4.25. The second kappa shape index (κ2) is 7.75. The van der Waals surface area contributed by atoms with Crippen molar-refractivity contribution < 1.29 is 0 Å². The Bertz CT molecular complexity index is 502. The molecule has 1 atom stereocenters. The zero-order valence-electron chi connectivity index (χ0n) is 12.0. The lowest BCUT2D eigenvalue weighted by molar-refractivity contribution is 0.653. The molecule has 20 heavy (non-hydrogen) atoms. The van der Waals surface area contributed by atoms with Gasteiger partial charge in [0.2, 0.25) is 0 Å². The first-order valence-electron chi connectivity index (χ1n) is 6.87. The highest BCUT2D eigenvalue weighted by molar-refractivity contribution is 7.07. The minimum Gasteiger partial charge on any atom is -0.356 e. The normalized spacial score (nSPS) is 13.2. The van der Waals surface area contributed by atoms with Crippen LogP contribution in [0.25, 0.3) is 0 Å². The SMILES string of the molecule is CN=C(NCCn1cccc1)NCC(C)c1ccsc1. The number of aromatic nitrogens is 1. The molecule has 0 fully saturated rings. The molecule has 0 bridgehead atoms. The van der Waals surface area contributed by atoms with E-state index >= 15 is 0 Å². The van der Waals surface area contributed by atoms with E-state index in [0.717, 1.165) is 25.6 Å². The Morgan fingerprint density at radius 1 is 1.35 bits per heavy atom. The average Bonchev–Trinajstić information content (AvgIpc) is 3.14. The minimum atomic E-state index is 0.490. The molecular weight excluding hydrogens is 268 g/mol. The molecule has 1 unspecified atom stereocenters. The Hall–Kier alpha value is -1.75. The number of hydrogen-bond acceptors (Lipinski definition) is 2. The van der Waals surface area contributed by atoms with Crippen LogP contribution in [0.1, 0.15) is 18.4 Å². The largest absolute Gasteiger partial charge is 0.356 e. The lowest BCUT2D eigenvalue weighted by Crippen LogP contribution is -2.40. The third kappa shape index (κ3) is 4.42. The fraction of sp³-hybridized carbons (Fsp3) is 0.400. The lowest BCUT2D eigenvalue weighted by Gasteiger charge is -2.15. The van der Waals surface area contributed by atoms with Crippen LogP contribution in [0.15, 0.2) is 46.3 Å². The van der Waals surface area contributed by atoms with Gasteiger partial charge in [-0.25, -0.2) is 0 Å². The van der Waals surface area contributed by atoms with Crippen molar-refractivity contribution in [2.24, 2.45) is 4.99 Å². The number of nitrogens with one attached hydrogen (secondary N) is 2. The molecule has 108 valence electrons. The molecule has 4 nitrogen and oxygen atoms in total. The third-order valence-corrected chi connectivity index (χ3v) is 3.94. The summed E-state index contributed by atoms with van der Waals surface area (Å²) in [5.41, 5.74) is 1.38. The standard InChI is InChI=1S/C15H22N4S/c1-13(14-5-10-20-12-14)11-18-15(16-2)17-6-9-19-7-3-4-8-19/h3-5,7-8,10,12-13H,6,9,11H2,1-2H3,(H2,16,17,18). The highest BCUT2D eigenvalue weighted by atomic mass is 32.1. The Labute approximate surface area is 124 Å². The smallest absolute Gasteiger partial charge is 0.191 e. The van der Waals surface area contributed by atoms with Gasteiger partial charge in [-0.05, 0) is 40.4 Å². The number of guanidine groups is 1. The van der Waals surface area contributed by atoms with E-state index in [1.54, 1.807) is 18.4 Å². The van der Waals surface area contributed by atoms with E-state index < -0.39 is 0 Å². The summed E-state index contributed by atoms with van der Waals surface area (Å²) >= 11 is 1.74. The van der Waals surface area contributed by atoms with Crippen molar-refractivity contribution in [1.82, 2.24) is 15.2 Å². The van der Waals surface area contributed by atoms with E-state index in [-0.39, 0.29) is 0 Å². The van der Waals surface area contributed by atoms with Gasteiger partial charge in [0.05, 0.1) is 0 Å². The molecule has 0 aliphatic rings. The van der Waals surface area contributed by atoms with Crippen LogP contribution in [0.5, 0.6) is 0 Å². The summed E-state index contributed by atoms with van der Waals surface area (Å²) in [5.74, 6) is 1.35. The van der Waals surface area contributed by atoms with Gasteiger partial charge < -0.3 is 15.2 Å². The molecular formula is C15H22N4S. The number of nitrogens with zero attached hydrogens (tertiary/aromatic N) is 2. The third-order valence-electron chi connectivity index (χ3n) is 3.24. The van der Waals surface area contributed by atoms with Crippen LogP contribution in [0.3, 0.4) is 0 Å². The average molecular weight is 290 g/mol. The second-order valence-corrected chi connectivity index (χ2v) is 5.54. The summed E-state index contributed by atoms with van der Waals surface area (Å²) in [6.45, 7) is 4.91. The van der Waals surface area contributed by atoms with E-state index in [1.165, 1.54) is 5.56 Å². The minimum absolute atomic E-state index is 0.490. The van der Waals surface area contributed by atoms with Crippen molar-refractivity contribution in [3.05, 3.63) is 46.9 Å². The molecule has 5 heteroatoms. The summed E-state index contributed by atoms with van der Waals surface area (Å²) in [6, 6.07) is 6.25. The van der Waals surface area contributed by atoms with Crippen molar-refractivity contribution in [3.63, 3.8) is 0 Å². The van der Waals surface area contributed by atoms with Gasteiger partial charge in [0.25, 0.3) is 0 Å². The van der Waals surface area contributed by atoms with Crippen LogP contribution in [0, 0.1) is 0 Å². The zero-order valence-corrected chi connectivity index (χ0v) is 12.9. The summed E-state index contributed by atoms with van der Waals surface area (Å²) < 4.78 is 2.15. The Balaban J connectivity index is 1.70. The second-order valence-electron chi connectivity index (χ2n) is 4.76. The molecule has 0 aromatic carbocycles. The van der Waals surface area contributed by atoms with Crippen LogP contribution < -0.4 is 10.6 Å². The molecule has 2 aromatic rings. The van der Waals surface area contributed by atoms with Crippen LogP contribution >= 0.6 is 11.3 Å². The quantitative estimate of drug-likeness (QED) is 0.634. The fourth-order valence-electron chi connectivity index (χ4n) is 1.97. The molecule has 0 aliphatic carbocycles. The molecule has 0 aliphatic heterocycles. The van der Waals surface area contributed by atoms with E-state index in [0.29, 0.717) is 5.92 Å². The van der Waals surface area contributed by atoms with Crippen molar-refractivity contribution in [3.8, 4) is 0 Å². The summed E-state index contributed by atoms with van der Waals surface area (Å²) in [7, 11) is 1.81. The molecule has 2 heterocycles. The van der Waals surface area contributed by atoms with Gasteiger partial charge in [0, 0.05) is 39.1 Å². The highest BCUT2D eigenvalue weighted by Gasteiger charge is 2.06. The van der Waals surface area contributed by atoms with E-state index in [4.69, 9.17) is 0 Å². The number of aliphatic imine (C=N–C) groups is 1. The molecule has 2 aromatic heterocycles. The first-order valence-corrected chi connectivity index (χ1v) is 7.81. The van der Waals surface area contributed by atoms with Gasteiger partial charge in [0.1, 0.15) is 0 Å². The maximum Gasteiger partial charge on any atom is 0.191 e. The monoisotopic (exact) mass is 290 g/mol. The molecule has 2 rings (SSSR count). The van der Waals surface area contributed by atoms with Gasteiger partial charge in [-0.3, -0.25) is 4.99 Å². The van der Waals surface area contributed by atoms with Crippen LogP contribution in [-0.2, 0) is 6.54 Å². The fourth-order valence-corrected chi connectivity index (χ4v) is 2.75. The zero-order chi connectivity index (χ0) is 14.2. The number of hydrogen-bond donors (Lipinski definition) is 2. The van der Waals surface area contributed by atoms with Gasteiger partial charge in [-0.2, -0.15) is 11.3 Å². The molecule has 0 spiro atoms. The number of rotatable bonds is 6. The predicted molar refractivity (Wildman–Crippen MR) is 86.5 cm³/mol. The first-order chi connectivity index (χ1) is 9.79. The molecule has 2 N–H and O–H groups in total. The van der Waals surface area contributed by atoms with E-state index in [9.17, 15) is 0 Å². The van der Waals surface area contributed by atoms with Crippen LogP contribution in [0.2, 0.25) is 0 Å². The lowest BCUT2D eigenvalue weighted by atomic mass is 10.1. The molecule has 0 saturated carbocycles. The highest BCUT2D eigenvalue weighted by Crippen LogP contribution is 2.16. The predicted octanol–water partition coefficient (Wildman–Crippen LogP) is 2.52. The first kappa shape index (κ1) is 14.7. The van der Waals surface area contributed by atoms with Gasteiger partial charge in [-0.15, -0.1) is 0 Å².